The van der Waals surface area contributed by atoms with Crippen molar-refractivity contribution in [3.63, 3.8) is 0 Å². The Bertz CT molecular complexity index is 2410. The molecule has 1 aliphatic carbocycles. The molecular formula is C58H92N2O16SSi. The fraction of sp³-hybridized carbons (Fsp3) is 0.759. The van der Waals surface area contributed by atoms with Crippen molar-refractivity contribution in [3.05, 3.63) is 57.7 Å². The van der Waals surface area contributed by atoms with Gasteiger partial charge in [-0.15, -0.1) is 0 Å². The van der Waals surface area contributed by atoms with E-state index in [1.54, 1.807) is 6.92 Å². The molecule has 5 rings (SSSR count). The number of methoxy groups -OCH3 is 3. The summed E-state index contributed by atoms with van der Waals surface area (Å²) in [6.45, 7) is 24.6. The Morgan fingerprint density at radius 3 is 2.08 bits per heavy atom. The molecule has 3 fully saturated rings. The van der Waals surface area contributed by atoms with Gasteiger partial charge in [0.2, 0.25) is 14.1 Å². The normalized spacial score (nSPS) is 33.1. The highest BCUT2D eigenvalue weighted by atomic mass is 32.2. The zero-order valence-electron chi connectivity index (χ0n) is 49.1. The Morgan fingerprint density at radius 1 is 0.872 bits per heavy atom. The Kier molecular flexibility index (Phi) is 23.2. The van der Waals surface area contributed by atoms with Crippen LogP contribution in [-0.2, 0) is 61.6 Å². The third-order valence-corrected chi connectivity index (χ3v) is 25.0. The number of cyclic esters (lactones) is 1. The van der Waals surface area contributed by atoms with Gasteiger partial charge >= 0.3 is 16.1 Å². The van der Waals surface area contributed by atoms with E-state index in [4.69, 9.17) is 32.3 Å². The first-order valence-corrected chi connectivity index (χ1v) is 31.9. The van der Waals surface area contributed by atoms with Crippen molar-refractivity contribution >= 4 is 47.6 Å². The third-order valence-electron chi connectivity index (χ3n) is 17.5. The van der Waals surface area contributed by atoms with E-state index in [1.165, 1.54) is 38.4 Å². The fourth-order valence-corrected chi connectivity index (χ4v) is 20.3. The molecule has 0 radical (unpaired) electrons. The second-order valence-corrected chi connectivity index (χ2v) is 30.8. The summed E-state index contributed by atoms with van der Waals surface area (Å²) >= 11 is 0. The van der Waals surface area contributed by atoms with Crippen LogP contribution in [0.15, 0.2) is 52.5 Å². The van der Waals surface area contributed by atoms with Gasteiger partial charge in [-0.1, -0.05) is 99.1 Å². The number of esters is 1. The molecule has 1 N–H and O–H groups in total. The van der Waals surface area contributed by atoms with E-state index in [2.05, 4.69) is 48.5 Å². The smallest absolute Gasteiger partial charge is 0.329 e. The second-order valence-electron chi connectivity index (χ2n) is 23.8. The Morgan fingerprint density at radius 2 is 1.49 bits per heavy atom. The van der Waals surface area contributed by atoms with Gasteiger partial charge in [0.05, 0.1) is 29.3 Å². The van der Waals surface area contributed by atoms with Crippen LogP contribution in [0.4, 0.5) is 5.69 Å². The van der Waals surface area contributed by atoms with E-state index < -0.39 is 124 Å². The maximum Gasteiger partial charge on any atom is 0.329 e. The van der Waals surface area contributed by atoms with Gasteiger partial charge in [-0.25, -0.2) is 4.79 Å². The molecular weight excluding hydrogens is 1040 g/mol. The van der Waals surface area contributed by atoms with Crippen LogP contribution in [0.1, 0.15) is 154 Å². The summed E-state index contributed by atoms with van der Waals surface area (Å²) in [7, 11) is -2.86. The summed E-state index contributed by atoms with van der Waals surface area (Å²) in [4.78, 5) is 71.3. The van der Waals surface area contributed by atoms with Crippen molar-refractivity contribution in [2.75, 3.05) is 27.9 Å². The molecule has 2 bridgehead atoms. The number of nitro groups is 1. The van der Waals surface area contributed by atoms with Gasteiger partial charge in [0, 0.05) is 58.1 Å². The summed E-state index contributed by atoms with van der Waals surface area (Å²) in [6.07, 6.45) is 2.20. The molecule has 78 heavy (non-hydrogen) atoms. The van der Waals surface area contributed by atoms with E-state index in [1.807, 2.05) is 39.8 Å². The standard InChI is InChI=1S/C58H92N2O16SSi/c1-16-43-28-37(8)27-38(9)29-50(71-14)54-51(72-15)31-40(11)58(65,74-54)55(62)56(63)59-26-20-19-22-45(59)57(64)73-53(41(12)48(33-46(43)61)76-78(34(2)3,35(4)5)36(6)7)39(10)30-42-24-25-47(49(32-42)70-13)75-77(68,69)52-23-18-17-21-44(52)60(66)67/h17-18,21,23,28,30,34-36,38,40-43,45,47-51,53-54,65H,16,19-20,22,24-27,29,31-33H2,1-15H3. The van der Waals surface area contributed by atoms with Crippen LogP contribution >= 0.6 is 0 Å². The van der Waals surface area contributed by atoms with Crippen molar-refractivity contribution in [1.29, 1.82) is 0 Å². The first kappa shape index (κ1) is 65.1. The number of aliphatic hydroxyl groups is 1. The van der Waals surface area contributed by atoms with Gasteiger partial charge in [-0.2, -0.15) is 8.42 Å². The molecule has 1 aromatic carbocycles. The highest BCUT2D eigenvalue weighted by Crippen LogP contribution is 2.46. The number of amides is 1. The predicted molar refractivity (Wildman–Crippen MR) is 297 cm³/mol. The Labute approximate surface area is 465 Å². The lowest BCUT2D eigenvalue weighted by Crippen LogP contribution is -2.64. The van der Waals surface area contributed by atoms with Gasteiger partial charge in [0.25, 0.3) is 17.4 Å². The lowest BCUT2D eigenvalue weighted by atomic mass is 9.81. The second kappa shape index (κ2) is 27.8. The number of piperidine rings is 1. The van der Waals surface area contributed by atoms with Crippen LogP contribution in [-0.4, -0.2) is 138 Å². The first-order valence-electron chi connectivity index (χ1n) is 28.4. The SMILES string of the molecule is CCC1C=C(C)CC(C)CC(OC)C2OC(O)(C(=O)C(=O)N3CCCCC3C(=O)OC(C(C)=CC3CCC(OS(=O)(=O)c4ccccc4[N+](=O)[O-])C(OC)C3)C(C)C(O[Si](C(C)C)(C(C)C)C(C)C)CC1=O)C(C)CC2OC. The Balaban J connectivity index is 1.64. The molecule has 3 aliphatic heterocycles. The molecule has 3 heterocycles. The predicted octanol–water partition coefficient (Wildman–Crippen LogP) is 9.99. The maximum absolute atomic E-state index is 15.2. The van der Waals surface area contributed by atoms with Crippen LogP contribution in [0.5, 0.6) is 0 Å². The van der Waals surface area contributed by atoms with E-state index in [0.717, 1.165) is 17.7 Å². The number of carbonyl (C=O) groups excluding carboxylic acids is 4. The van der Waals surface area contributed by atoms with Crippen molar-refractivity contribution in [2.45, 2.75) is 230 Å². The molecule has 440 valence electrons. The third kappa shape index (κ3) is 14.7. The number of ether oxygens (including phenoxy) is 5. The number of nitro benzene ring substituents is 1. The number of Topliss-reactive ketones (excluding diaryl/α,β-unsaturated/α-hetero) is 2. The molecule has 0 spiro atoms. The number of fused-ring (bicyclic) bond motifs is 3. The highest BCUT2D eigenvalue weighted by molar-refractivity contribution is 7.87. The van der Waals surface area contributed by atoms with Gasteiger partial charge in [-0.05, 0) is 118 Å². The lowest BCUT2D eigenvalue weighted by Gasteiger charge is -2.47. The molecule has 14 atom stereocenters. The van der Waals surface area contributed by atoms with Crippen molar-refractivity contribution in [2.24, 2.45) is 29.6 Å². The monoisotopic (exact) mass is 1130 g/mol. The van der Waals surface area contributed by atoms with Crippen LogP contribution in [0.2, 0.25) is 16.6 Å². The summed E-state index contributed by atoms with van der Waals surface area (Å²) in [5, 5.41) is 24.1. The largest absolute Gasteiger partial charge is 0.456 e. The van der Waals surface area contributed by atoms with Crippen LogP contribution < -0.4 is 0 Å². The molecule has 2 saturated heterocycles. The van der Waals surface area contributed by atoms with Crippen LogP contribution in [0, 0.1) is 39.7 Å². The van der Waals surface area contributed by atoms with E-state index >= 15 is 9.59 Å². The first-order chi connectivity index (χ1) is 36.6. The summed E-state index contributed by atoms with van der Waals surface area (Å²) in [6, 6.07) is 3.79. The van der Waals surface area contributed by atoms with E-state index in [-0.39, 0.29) is 72.9 Å². The van der Waals surface area contributed by atoms with E-state index in [0.29, 0.717) is 44.1 Å². The molecule has 0 aromatic heterocycles. The maximum atomic E-state index is 15.2. The fourth-order valence-electron chi connectivity index (χ4n) is 13.3. The van der Waals surface area contributed by atoms with Gasteiger partial charge < -0.3 is 38.1 Å². The minimum Gasteiger partial charge on any atom is -0.456 e. The summed E-state index contributed by atoms with van der Waals surface area (Å²) < 4.78 is 71.4. The summed E-state index contributed by atoms with van der Waals surface area (Å²) in [5.41, 5.74) is 1.40. The summed E-state index contributed by atoms with van der Waals surface area (Å²) in [5.74, 6) is -7.87. The number of benzene rings is 1. The minimum absolute atomic E-state index is 0.00881. The lowest BCUT2D eigenvalue weighted by molar-refractivity contribution is -0.387. The molecule has 14 unspecified atom stereocenters. The average Bonchev–Trinajstić information content (AvgIpc) is 3.47. The number of rotatable bonds is 15. The Hall–Kier alpha value is -3.73. The number of hydrogen-bond donors (Lipinski definition) is 1. The van der Waals surface area contributed by atoms with Crippen LogP contribution in [0.3, 0.4) is 0 Å². The molecule has 1 amide bonds. The van der Waals surface area contributed by atoms with Gasteiger partial charge in [0.1, 0.15) is 30.1 Å². The van der Waals surface area contributed by atoms with Crippen molar-refractivity contribution in [3.8, 4) is 0 Å². The van der Waals surface area contributed by atoms with Gasteiger partial charge in [-0.3, -0.25) is 28.7 Å². The number of allylic oxidation sites excluding steroid dienone is 3. The molecule has 1 saturated carbocycles. The number of nitrogens with zero attached hydrogens (tertiary/aromatic N) is 2. The molecule has 18 nitrogen and oxygen atoms in total. The molecule has 1 aromatic rings. The number of para-hydroxylation sites is 1. The number of ketones is 2. The zero-order chi connectivity index (χ0) is 58.2. The highest BCUT2D eigenvalue weighted by Gasteiger charge is 2.57. The number of carbonyl (C=O) groups is 4. The van der Waals surface area contributed by atoms with Gasteiger partial charge in [0.15, 0.2) is 4.90 Å². The van der Waals surface area contributed by atoms with Crippen molar-refractivity contribution < 1.29 is 69.9 Å². The van der Waals surface area contributed by atoms with Crippen molar-refractivity contribution in [1.82, 2.24) is 4.90 Å². The molecule has 4 aliphatic rings. The number of hydrogen-bond acceptors (Lipinski definition) is 16. The van der Waals surface area contributed by atoms with Crippen LogP contribution in [0.25, 0.3) is 0 Å². The molecule has 20 heteroatoms. The van der Waals surface area contributed by atoms with E-state index in [9.17, 15) is 33.2 Å². The minimum atomic E-state index is -4.59. The zero-order valence-corrected chi connectivity index (χ0v) is 50.9. The quantitative estimate of drug-likeness (QED) is 0.0327. The average molecular weight is 1130 g/mol. The topological polar surface area (TPSA) is 234 Å².